The molecule has 0 bridgehead atoms. The van der Waals surface area contributed by atoms with Crippen molar-refractivity contribution >= 4 is 11.8 Å². The van der Waals surface area contributed by atoms with E-state index in [2.05, 4.69) is 0 Å². The number of hydrogen-bond acceptors (Lipinski definition) is 3. The second-order valence-corrected chi connectivity index (χ2v) is 7.04. The van der Waals surface area contributed by atoms with E-state index in [4.69, 9.17) is 4.74 Å². The Balaban J connectivity index is 2.12. The molecule has 1 fully saturated rings. The van der Waals surface area contributed by atoms with Gasteiger partial charge in [-0.25, -0.2) is 0 Å². The average molecular weight is 318 g/mol. The summed E-state index contributed by atoms with van der Waals surface area (Å²) in [5, 5.41) is 0. The van der Waals surface area contributed by atoms with Crippen LogP contribution in [0.5, 0.6) is 0 Å². The molecule has 0 spiro atoms. The van der Waals surface area contributed by atoms with Crippen LogP contribution in [0.15, 0.2) is 30.3 Å². The fraction of sp³-hybridized carbons (Fsp3) is 0.556. The minimum atomic E-state index is -0.557. The van der Waals surface area contributed by atoms with Gasteiger partial charge in [0.1, 0.15) is 12.1 Å². The topological polar surface area (TPSA) is 49.9 Å². The zero-order chi connectivity index (χ0) is 17.2. The molecule has 126 valence electrons. The summed E-state index contributed by atoms with van der Waals surface area (Å²) in [6, 6.07) is 8.75. The Hall–Kier alpha value is -1.88. The Bertz CT molecular complexity index is 565. The van der Waals surface area contributed by atoms with Gasteiger partial charge in [-0.3, -0.25) is 9.59 Å². The number of amides is 2. The van der Waals surface area contributed by atoms with Gasteiger partial charge in [0.15, 0.2) is 0 Å². The van der Waals surface area contributed by atoms with E-state index < -0.39 is 12.1 Å². The van der Waals surface area contributed by atoms with E-state index in [9.17, 15) is 9.59 Å². The summed E-state index contributed by atoms with van der Waals surface area (Å²) < 4.78 is 5.72. The standard InChI is InChI=1S/C18H26N2O3/c1-18(2,3)23-12-15-17(22)19(4)14(16(21)20(15)5)11-13-9-7-6-8-10-13/h6-10,14-15H,11-12H2,1-5H3. The number of ether oxygens (including phenoxy) is 1. The quantitative estimate of drug-likeness (QED) is 0.849. The van der Waals surface area contributed by atoms with Crippen LogP contribution in [0.25, 0.3) is 0 Å². The Labute approximate surface area is 138 Å². The number of nitrogens with zero attached hydrogens (tertiary/aromatic N) is 2. The normalized spacial score (nSPS) is 22.7. The van der Waals surface area contributed by atoms with Gasteiger partial charge in [-0.2, -0.15) is 0 Å². The molecular formula is C18H26N2O3. The van der Waals surface area contributed by atoms with Crippen LogP contribution < -0.4 is 0 Å². The van der Waals surface area contributed by atoms with Crippen molar-refractivity contribution in [2.45, 2.75) is 44.9 Å². The van der Waals surface area contributed by atoms with Crippen molar-refractivity contribution in [3.05, 3.63) is 35.9 Å². The van der Waals surface area contributed by atoms with Gasteiger partial charge in [0.2, 0.25) is 11.8 Å². The van der Waals surface area contributed by atoms with Crippen molar-refractivity contribution in [3.63, 3.8) is 0 Å². The molecule has 0 aliphatic carbocycles. The smallest absolute Gasteiger partial charge is 0.248 e. The molecule has 1 aliphatic heterocycles. The molecule has 0 radical (unpaired) electrons. The fourth-order valence-corrected chi connectivity index (χ4v) is 2.68. The molecule has 1 heterocycles. The van der Waals surface area contributed by atoms with Gasteiger partial charge < -0.3 is 14.5 Å². The summed E-state index contributed by atoms with van der Waals surface area (Å²) in [5.74, 6) is -0.115. The largest absolute Gasteiger partial charge is 0.373 e. The third-order valence-corrected chi connectivity index (χ3v) is 4.15. The molecule has 0 saturated carbocycles. The molecule has 1 saturated heterocycles. The van der Waals surface area contributed by atoms with Gasteiger partial charge in [-0.05, 0) is 26.3 Å². The van der Waals surface area contributed by atoms with E-state index in [1.165, 1.54) is 4.90 Å². The molecule has 2 amide bonds. The zero-order valence-electron chi connectivity index (χ0n) is 14.6. The van der Waals surface area contributed by atoms with Gasteiger partial charge >= 0.3 is 0 Å². The Morgan fingerprint density at radius 2 is 1.48 bits per heavy atom. The Morgan fingerprint density at radius 3 is 2.04 bits per heavy atom. The molecule has 2 atom stereocenters. The minimum absolute atomic E-state index is 0.0431. The molecule has 23 heavy (non-hydrogen) atoms. The number of benzene rings is 1. The van der Waals surface area contributed by atoms with Crippen molar-refractivity contribution in [1.29, 1.82) is 0 Å². The summed E-state index contributed by atoms with van der Waals surface area (Å²) in [6.07, 6.45) is 0.527. The highest BCUT2D eigenvalue weighted by Gasteiger charge is 2.42. The van der Waals surface area contributed by atoms with Crippen molar-refractivity contribution in [2.75, 3.05) is 20.7 Å². The first kappa shape index (κ1) is 17.5. The predicted molar refractivity (Wildman–Crippen MR) is 89.0 cm³/mol. The Morgan fingerprint density at radius 1 is 0.957 bits per heavy atom. The summed E-state index contributed by atoms with van der Waals surface area (Å²) in [6.45, 7) is 6.02. The van der Waals surface area contributed by atoms with Crippen LogP contribution in [-0.2, 0) is 20.7 Å². The second kappa shape index (κ2) is 6.71. The van der Waals surface area contributed by atoms with Crippen LogP contribution in [-0.4, -0.2) is 60.0 Å². The lowest BCUT2D eigenvalue weighted by atomic mass is 9.99. The first-order valence-electron chi connectivity index (χ1n) is 7.92. The third kappa shape index (κ3) is 4.10. The van der Waals surface area contributed by atoms with Gasteiger partial charge in [-0.1, -0.05) is 30.3 Å². The second-order valence-electron chi connectivity index (χ2n) is 7.04. The lowest BCUT2D eigenvalue weighted by Gasteiger charge is -2.42. The SMILES string of the molecule is CN1C(=O)C(Cc2ccccc2)N(C)C(=O)C1COC(C)(C)C. The lowest BCUT2D eigenvalue weighted by molar-refractivity contribution is -0.163. The first-order chi connectivity index (χ1) is 10.7. The van der Waals surface area contributed by atoms with E-state index in [1.54, 1.807) is 19.0 Å². The van der Waals surface area contributed by atoms with Gasteiger partial charge in [0.05, 0.1) is 12.2 Å². The number of carbonyl (C=O) groups is 2. The summed E-state index contributed by atoms with van der Waals surface area (Å²) in [4.78, 5) is 28.4. The van der Waals surface area contributed by atoms with E-state index >= 15 is 0 Å². The number of hydrogen-bond donors (Lipinski definition) is 0. The number of likely N-dealkylation sites (N-methyl/N-ethyl adjacent to an activating group) is 2. The van der Waals surface area contributed by atoms with Crippen molar-refractivity contribution in [1.82, 2.24) is 9.80 Å². The highest BCUT2D eigenvalue weighted by atomic mass is 16.5. The van der Waals surface area contributed by atoms with Crippen molar-refractivity contribution in [3.8, 4) is 0 Å². The molecule has 5 nitrogen and oxygen atoms in total. The van der Waals surface area contributed by atoms with Crippen LogP contribution in [0.4, 0.5) is 0 Å². The van der Waals surface area contributed by atoms with Crippen molar-refractivity contribution in [2.24, 2.45) is 0 Å². The number of rotatable bonds is 4. The summed E-state index contributed by atoms with van der Waals surface area (Å²) in [7, 11) is 3.38. The van der Waals surface area contributed by atoms with Gasteiger partial charge in [0.25, 0.3) is 0 Å². The molecule has 1 aliphatic rings. The van der Waals surface area contributed by atoms with Crippen LogP contribution in [0.2, 0.25) is 0 Å². The number of piperazine rings is 1. The highest BCUT2D eigenvalue weighted by Crippen LogP contribution is 2.20. The number of carbonyl (C=O) groups excluding carboxylic acids is 2. The third-order valence-electron chi connectivity index (χ3n) is 4.15. The average Bonchev–Trinajstić information content (AvgIpc) is 2.49. The van der Waals surface area contributed by atoms with Crippen LogP contribution in [0.1, 0.15) is 26.3 Å². The molecule has 1 aromatic carbocycles. The Kier molecular flexibility index (Phi) is 5.09. The van der Waals surface area contributed by atoms with E-state index in [1.807, 2.05) is 51.1 Å². The first-order valence-corrected chi connectivity index (χ1v) is 7.92. The van der Waals surface area contributed by atoms with Crippen LogP contribution >= 0.6 is 0 Å². The summed E-state index contributed by atoms with van der Waals surface area (Å²) >= 11 is 0. The van der Waals surface area contributed by atoms with Crippen molar-refractivity contribution < 1.29 is 14.3 Å². The van der Waals surface area contributed by atoms with Gasteiger partial charge in [0, 0.05) is 20.5 Å². The lowest BCUT2D eigenvalue weighted by Crippen LogP contribution is -2.64. The molecule has 1 aromatic rings. The van der Waals surface area contributed by atoms with Gasteiger partial charge in [-0.15, -0.1) is 0 Å². The molecule has 2 unspecified atom stereocenters. The highest BCUT2D eigenvalue weighted by molar-refractivity contribution is 5.97. The molecule has 2 rings (SSSR count). The summed E-state index contributed by atoms with van der Waals surface area (Å²) in [5.41, 5.74) is 0.701. The predicted octanol–water partition coefficient (Wildman–Crippen LogP) is 1.71. The van der Waals surface area contributed by atoms with E-state index in [0.29, 0.717) is 6.42 Å². The minimum Gasteiger partial charge on any atom is -0.373 e. The van der Waals surface area contributed by atoms with Crippen LogP contribution in [0.3, 0.4) is 0 Å². The maximum atomic E-state index is 12.7. The fourth-order valence-electron chi connectivity index (χ4n) is 2.68. The van der Waals surface area contributed by atoms with E-state index in [-0.39, 0.29) is 24.0 Å². The molecule has 5 heteroatoms. The maximum absolute atomic E-state index is 12.7. The maximum Gasteiger partial charge on any atom is 0.248 e. The molecule has 0 aromatic heterocycles. The monoisotopic (exact) mass is 318 g/mol. The van der Waals surface area contributed by atoms with E-state index in [0.717, 1.165) is 5.56 Å². The van der Waals surface area contributed by atoms with Crippen LogP contribution in [0, 0.1) is 0 Å². The molecular weight excluding hydrogens is 292 g/mol. The zero-order valence-corrected chi connectivity index (χ0v) is 14.6. The molecule has 0 N–H and O–H groups in total.